The summed E-state index contributed by atoms with van der Waals surface area (Å²) in [5.41, 5.74) is 3.29. The molecule has 1 aromatic rings. The SMILES string of the molecule is CONC(=O)C1CNC(=O)N([C@@H](C)c2ccc(OC)cc2)C1. The van der Waals surface area contributed by atoms with E-state index in [2.05, 4.69) is 15.6 Å². The third kappa shape index (κ3) is 3.48. The molecule has 1 fully saturated rings. The van der Waals surface area contributed by atoms with Crippen LogP contribution in [0.25, 0.3) is 0 Å². The Kier molecular flexibility index (Phi) is 5.21. The van der Waals surface area contributed by atoms with Crippen molar-refractivity contribution in [1.29, 1.82) is 0 Å². The van der Waals surface area contributed by atoms with Crippen LogP contribution >= 0.6 is 0 Å². The lowest BCUT2D eigenvalue weighted by Gasteiger charge is -2.36. The van der Waals surface area contributed by atoms with Crippen LogP contribution in [0.4, 0.5) is 4.79 Å². The Bertz CT molecular complexity index is 532. The molecule has 3 amide bonds. The zero-order chi connectivity index (χ0) is 16.1. The van der Waals surface area contributed by atoms with Crippen LogP contribution in [0.3, 0.4) is 0 Å². The number of hydrogen-bond donors (Lipinski definition) is 2. The fourth-order valence-corrected chi connectivity index (χ4v) is 2.45. The quantitative estimate of drug-likeness (QED) is 0.798. The second-order valence-corrected chi connectivity index (χ2v) is 5.15. The number of nitrogens with one attached hydrogen (secondary N) is 2. The van der Waals surface area contributed by atoms with Crippen LogP contribution in [0, 0.1) is 5.92 Å². The molecule has 2 atom stereocenters. The Hall–Kier alpha value is -2.28. The second-order valence-electron chi connectivity index (χ2n) is 5.15. The number of nitrogens with zero attached hydrogens (tertiary/aromatic N) is 1. The van der Waals surface area contributed by atoms with Crippen molar-refractivity contribution in [2.75, 3.05) is 27.3 Å². The predicted octanol–water partition coefficient (Wildman–Crippen LogP) is 1.08. The minimum absolute atomic E-state index is 0.149. The number of rotatable bonds is 5. The first-order valence-corrected chi connectivity index (χ1v) is 7.08. The van der Waals surface area contributed by atoms with Gasteiger partial charge in [-0.25, -0.2) is 10.3 Å². The first kappa shape index (κ1) is 16.1. The van der Waals surface area contributed by atoms with Gasteiger partial charge in [-0.05, 0) is 24.6 Å². The van der Waals surface area contributed by atoms with Gasteiger partial charge in [0.15, 0.2) is 0 Å². The zero-order valence-electron chi connectivity index (χ0n) is 13.0. The first-order chi connectivity index (χ1) is 10.6. The average Bonchev–Trinajstić information content (AvgIpc) is 2.55. The number of amides is 3. The van der Waals surface area contributed by atoms with Gasteiger partial charge >= 0.3 is 6.03 Å². The molecule has 7 nitrogen and oxygen atoms in total. The van der Waals surface area contributed by atoms with Gasteiger partial charge in [-0.15, -0.1) is 0 Å². The minimum Gasteiger partial charge on any atom is -0.497 e. The maximum atomic E-state index is 12.1. The number of carbonyl (C=O) groups excluding carboxylic acids is 2. The van der Waals surface area contributed by atoms with E-state index in [4.69, 9.17) is 4.74 Å². The van der Waals surface area contributed by atoms with Crippen LogP contribution in [0.15, 0.2) is 24.3 Å². The molecule has 2 rings (SSSR count). The molecule has 0 aromatic heterocycles. The Morgan fingerprint density at radius 1 is 1.36 bits per heavy atom. The summed E-state index contributed by atoms with van der Waals surface area (Å²) in [6.45, 7) is 2.58. The van der Waals surface area contributed by atoms with E-state index in [0.717, 1.165) is 11.3 Å². The monoisotopic (exact) mass is 307 g/mol. The van der Waals surface area contributed by atoms with E-state index in [0.29, 0.717) is 13.1 Å². The van der Waals surface area contributed by atoms with Gasteiger partial charge in [-0.3, -0.25) is 9.63 Å². The van der Waals surface area contributed by atoms with Crippen molar-refractivity contribution < 1.29 is 19.2 Å². The van der Waals surface area contributed by atoms with E-state index in [1.165, 1.54) is 7.11 Å². The van der Waals surface area contributed by atoms with Crippen LogP contribution < -0.4 is 15.5 Å². The average molecular weight is 307 g/mol. The fraction of sp³-hybridized carbons (Fsp3) is 0.467. The standard InChI is InChI=1S/C15H21N3O4/c1-10(11-4-6-13(21-2)7-5-11)18-9-12(8-16-15(18)20)14(19)17-22-3/h4-7,10,12H,8-9H2,1-3H3,(H,16,20)(H,17,19)/t10-,12?/m0/s1. The molecule has 2 N–H and O–H groups in total. The summed E-state index contributed by atoms with van der Waals surface area (Å²) < 4.78 is 5.13. The summed E-state index contributed by atoms with van der Waals surface area (Å²) in [7, 11) is 2.99. The molecule has 7 heteroatoms. The van der Waals surface area contributed by atoms with E-state index < -0.39 is 0 Å². The number of urea groups is 1. The van der Waals surface area contributed by atoms with Crippen LogP contribution in [-0.4, -0.2) is 44.1 Å². The summed E-state index contributed by atoms with van der Waals surface area (Å²) in [6.07, 6.45) is 0. The van der Waals surface area contributed by atoms with Gasteiger partial charge in [0.25, 0.3) is 0 Å². The summed E-state index contributed by atoms with van der Waals surface area (Å²) in [5, 5.41) is 2.74. The minimum atomic E-state index is -0.349. The number of hydroxylamine groups is 1. The third-order valence-corrected chi connectivity index (χ3v) is 3.82. The van der Waals surface area contributed by atoms with Gasteiger partial charge in [-0.2, -0.15) is 0 Å². The molecule has 1 aliphatic rings. The molecule has 0 saturated carbocycles. The predicted molar refractivity (Wildman–Crippen MR) is 80.2 cm³/mol. The van der Waals surface area contributed by atoms with Gasteiger partial charge in [0.2, 0.25) is 5.91 Å². The fourth-order valence-electron chi connectivity index (χ4n) is 2.45. The molecule has 22 heavy (non-hydrogen) atoms. The number of methoxy groups -OCH3 is 1. The Balaban J connectivity index is 2.10. The second kappa shape index (κ2) is 7.13. The summed E-state index contributed by atoms with van der Waals surface area (Å²) in [4.78, 5) is 30.2. The van der Waals surface area contributed by atoms with E-state index in [9.17, 15) is 9.59 Å². The van der Waals surface area contributed by atoms with Crippen LogP contribution in [0.5, 0.6) is 5.75 Å². The molecule has 0 spiro atoms. The molecule has 1 heterocycles. The lowest BCUT2D eigenvalue weighted by molar-refractivity contribution is -0.136. The highest BCUT2D eigenvalue weighted by atomic mass is 16.6. The highest BCUT2D eigenvalue weighted by molar-refractivity contribution is 5.82. The molecule has 1 unspecified atom stereocenters. The van der Waals surface area contributed by atoms with Gasteiger partial charge < -0.3 is 15.0 Å². The molecule has 1 saturated heterocycles. The molecular weight excluding hydrogens is 286 g/mol. The third-order valence-electron chi connectivity index (χ3n) is 3.82. The molecule has 120 valence electrons. The molecule has 0 aliphatic carbocycles. The number of hydrogen-bond acceptors (Lipinski definition) is 4. The number of benzene rings is 1. The maximum absolute atomic E-state index is 12.1. The Morgan fingerprint density at radius 2 is 2.05 bits per heavy atom. The molecule has 0 radical (unpaired) electrons. The van der Waals surface area contributed by atoms with Crippen LogP contribution in [0.1, 0.15) is 18.5 Å². The zero-order valence-corrected chi connectivity index (χ0v) is 13.0. The van der Waals surface area contributed by atoms with E-state index in [-0.39, 0.29) is 23.9 Å². The van der Waals surface area contributed by atoms with Crippen molar-refractivity contribution in [3.05, 3.63) is 29.8 Å². The lowest BCUT2D eigenvalue weighted by Crippen LogP contribution is -2.55. The van der Waals surface area contributed by atoms with Gasteiger partial charge in [0, 0.05) is 13.1 Å². The number of carbonyl (C=O) groups is 2. The normalized spacial score (nSPS) is 19.3. The lowest BCUT2D eigenvalue weighted by atomic mass is 10.0. The van der Waals surface area contributed by atoms with Crippen molar-refractivity contribution in [2.24, 2.45) is 5.92 Å². The topological polar surface area (TPSA) is 79.9 Å². The first-order valence-electron chi connectivity index (χ1n) is 7.08. The smallest absolute Gasteiger partial charge is 0.317 e. The highest BCUT2D eigenvalue weighted by Crippen LogP contribution is 2.25. The van der Waals surface area contributed by atoms with Gasteiger partial charge in [0.1, 0.15) is 5.75 Å². The molecule has 0 bridgehead atoms. The Labute approximate surface area is 129 Å². The van der Waals surface area contributed by atoms with Crippen LogP contribution in [-0.2, 0) is 9.63 Å². The molecule has 1 aromatic carbocycles. The number of ether oxygens (including phenoxy) is 1. The molecular formula is C15H21N3O4. The van der Waals surface area contributed by atoms with Crippen molar-refractivity contribution in [2.45, 2.75) is 13.0 Å². The van der Waals surface area contributed by atoms with Crippen molar-refractivity contribution in [3.8, 4) is 5.75 Å². The van der Waals surface area contributed by atoms with Gasteiger partial charge in [-0.1, -0.05) is 12.1 Å². The van der Waals surface area contributed by atoms with E-state index in [1.54, 1.807) is 12.0 Å². The maximum Gasteiger partial charge on any atom is 0.317 e. The van der Waals surface area contributed by atoms with E-state index in [1.807, 2.05) is 31.2 Å². The summed E-state index contributed by atoms with van der Waals surface area (Å²) >= 11 is 0. The highest BCUT2D eigenvalue weighted by Gasteiger charge is 2.33. The van der Waals surface area contributed by atoms with Gasteiger partial charge in [0.05, 0.1) is 26.2 Å². The van der Waals surface area contributed by atoms with Crippen LogP contribution in [0.2, 0.25) is 0 Å². The summed E-state index contributed by atoms with van der Waals surface area (Å²) in [5.74, 6) is 0.171. The van der Waals surface area contributed by atoms with Crippen molar-refractivity contribution >= 4 is 11.9 Å². The van der Waals surface area contributed by atoms with E-state index >= 15 is 0 Å². The van der Waals surface area contributed by atoms with Crippen molar-refractivity contribution in [1.82, 2.24) is 15.7 Å². The summed E-state index contributed by atoms with van der Waals surface area (Å²) in [6, 6.07) is 7.20. The van der Waals surface area contributed by atoms with Crippen molar-refractivity contribution in [3.63, 3.8) is 0 Å². The largest absolute Gasteiger partial charge is 0.497 e. The molecule has 1 aliphatic heterocycles. The Morgan fingerprint density at radius 3 is 2.64 bits per heavy atom.